The van der Waals surface area contributed by atoms with Crippen molar-refractivity contribution in [2.75, 3.05) is 25.0 Å². The monoisotopic (exact) mass is 863 g/mol. The number of amides is 5. The van der Waals surface area contributed by atoms with E-state index in [-0.39, 0.29) is 48.1 Å². The first kappa shape index (κ1) is 46.2. The van der Waals surface area contributed by atoms with Gasteiger partial charge in [-0.2, -0.15) is 0 Å². The molecule has 336 valence electrons. The number of nitrogens with one attached hydrogen (secondary N) is 5. The maximum Gasteiger partial charge on any atom is 0.410 e. The number of tetrazole rings is 1. The fraction of sp³-hybridized carbons (Fsp3) is 0.489. The van der Waals surface area contributed by atoms with Gasteiger partial charge >= 0.3 is 12.2 Å². The molecule has 0 radical (unpaired) electrons. The van der Waals surface area contributed by atoms with Crippen molar-refractivity contribution in [2.24, 2.45) is 11.8 Å². The van der Waals surface area contributed by atoms with Crippen molar-refractivity contribution >= 4 is 35.6 Å². The lowest BCUT2D eigenvalue weighted by molar-refractivity contribution is -0.130. The first-order valence-electron chi connectivity index (χ1n) is 21.8. The highest BCUT2D eigenvalue weighted by atomic mass is 16.6. The Morgan fingerprint density at radius 3 is 2.17 bits per heavy atom. The van der Waals surface area contributed by atoms with Crippen LogP contribution in [0.5, 0.6) is 0 Å². The second-order valence-electron chi connectivity index (χ2n) is 18.6. The van der Waals surface area contributed by atoms with Crippen LogP contribution >= 0.6 is 0 Å². The first-order valence-corrected chi connectivity index (χ1v) is 21.8. The standard InChI is InChI=1S/C47H61N9O7/c1-29-11-14-35(42(58)49-37-21-23-56(24-22-37)45(61)63-47(5,6)7)27-38(29)34-10-8-9-31(25-34)26-39(43(59)50-36-19-17-32(18-20-36)40-52-54-55-53-40)51-41(57)33-15-12-30(13-16-33)28-48-44(60)62-46(2,3)4/h8-11,14,17-20,25,27,30,33,37,39H,12-13,15-16,21-24,26,28H2,1-7H3,(H,48,60)(H,49,58)(H,50,59)(H,51,57)(H,52,53,54,55)/t30-,33-,39-/m0/s1. The van der Waals surface area contributed by atoms with Crippen LogP contribution in [0.3, 0.4) is 0 Å². The van der Waals surface area contributed by atoms with E-state index in [1.165, 1.54) is 0 Å². The number of ether oxygens (including phenoxy) is 2. The van der Waals surface area contributed by atoms with E-state index in [0.717, 1.165) is 40.7 Å². The summed E-state index contributed by atoms with van der Waals surface area (Å²) < 4.78 is 10.9. The fourth-order valence-corrected chi connectivity index (χ4v) is 7.87. The third kappa shape index (κ3) is 13.6. The van der Waals surface area contributed by atoms with Crippen molar-refractivity contribution in [3.8, 4) is 22.5 Å². The summed E-state index contributed by atoms with van der Waals surface area (Å²) in [6.45, 7) is 14.4. The highest BCUT2D eigenvalue weighted by Crippen LogP contribution is 2.30. The maximum absolute atomic E-state index is 14.1. The second-order valence-corrected chi connectivity index (χ2v) is 18.6. The van der Waals surface area contributed by atoms with Crippen LogP contribution in [0.2, 0.25) is 0 Å². The minimum atomic E-state index is -0.905. The Morgan fingerprint density at radius 2 is 1.52 bits per heavy atom. The van der Waals surface area contributed by atoms with Gasteiger partial charge in [0.05, 0.1) is 0 Å². The molecule has 0 bridgehead atoms. The van der Waals surface area contributed by atoms with Crippen LogP contribution in [0.25, 0.3) is 22.5 Å². The zero-order valence-electron chi connectivity index (χ0n) is 37.4. The summed E-state index contributed by atoms with van der Waals surface area (Å²) in [5, 5.41) is 26.0. The van der Waals surface area contributed by atoms with Crippen LogP contribution < -0.4 is 21.3 Å². The molecule has 1 aromatic heterocycles. The van der Waals surface area contributed by atoms with Crippen LogP contribution in [-0.4, -0.2) is 98.4 Å². The Labute approximate surface area is 369 Å². The number of aromatic amines is 1. The number of hydrogen-bond donors (Lipinski definition) is 5. The molecule has 1 saturated heterocycles. The molecule has 3 aromatic carbocycles. The molecule has 0 unspecified atom stereocenters. The van der Waals surface area contributed by atoms with Crippen molar-refractivity contribution in [3.05, 3.63) is 83.4 Å². The molecule has 2 aliphatic rings. The van der Waals surface area contributed by atoms with Crippen LogP contribution in [0.4, 0.5) is 15.3 Å². The predicted molar refractivity (Wildman–Crippen MR) is 238 cm³/mol. The lowest BCUT2D eigenvalue weighted by Crippen LogP contribution is -2.48. The number of carbonyl (C=O) groups excluding carboxylic acids is 5. The van der Waals surface area contributed by atoms with Gasteiger partial charge in [-0.3, -0.25) is 14.4 Å². The third-order valence-electron chi connectivity index (χ3n) is 11.2. The summed E-state index contributed by atoms with van der Waals surface area (Å²) >= 11 is 0. The Bertz CT molecular complexity index is 2220. The molecule has 1 atom stereocenters. The molecule has 5 N–H and O–H groups in total. The molecule has 5 amide bonds. The summed E-state index contributed by atoms with van der Waals surface area (Å²) in [6.07, 6.45) is 3.42. The molecule has 6 rings (SSSR count). The van der Waals surface area contributed by atoms with Gasteiger partial charge in [-0.1, -0.05) is 30.3 Å². The largest absolute Gasteiger partial charge is 0.444 e. The van der Waals surface area contributed by atoms with Gasteiger partial charge in [0.2, 0.25) is 11.8 Å². The molecule has 2 heterocycles. The second kappa shape index (κ2) is 20.2. The number of likely N-dealkylation sites (tertiary alicyclic amines) is 1. The number of piperidine rings is 1. The number of H-pyrrole nitrogens is 1. The van der Waals surface area contributed by atoms with E-state index in [0.29, 0.717) is 62.4 Å². The van der Waals surface area contributed by atoms with Gasteiger partial charge in [-0.25, -0.2) is 14.7 Å². The van der Waals surface area contributed by atoms with E-state index in [9.17, 15) is 24.0 Å². The number of benzene rings is 3. The minimum absolute atomic E-state index is 0.0812. The number of carbonyl (C=O) groups is 5. The Kier molecular flexibility index (Phi) is 14.8. The van der Waals surface area contributed by atoms with Crippen molar-refractivity contribution in [3.63, 3.8) is 0 Å². The van der Waals surface area contributed by atoms with E-state index in [2.05, 4.69) is 41.9 Å². The summed E-state index contributed by atoms with van der Waals surface area (Å²) in [5.74, 6) is -0.328. The van der Waals surface area contributed by atoms with Gasteiger partial charge in [-0.05, 0) is 162 Å². The molecule has 1 aliphatic heterocycles. The molecule has 16 nitrogen and oxygen atoms in total. The van der Waals surface area contributed by atoms with E-state index in [4.69, 9.17) is 9.47 Å². The van der Waals surface area contributed by atoms with Crippen molar-refractivity contribution in [1.29, 1.82) is 0 Å². The van der Waals surface area contributed by atoms with Gasteiger partial charge in [-0.15, -0.1) is 5.10 Å². The van der Waals surface area contributed by atoms with Crippen molar-refractivity contribution < 1.29 is 33.4 Å². The summed E-state index contributed by atoms with van der Waals surface area (Å²) in [5.41, 5.74) is 4.17. The number of hydrogen-bond acceptors (Lipinski definition) is 10. The number of aromatic nitrogens is 4. The summed E-state index contributed by atoms with van der Waals surface area (Å²) in [7, 11) is 0. The topological polar surface area (TPSA) is 210 Å². The van der Waals surface area contributed by atoms with Crippen LogP contribution in [0, 0.1) is 18.8 Å². The molecular formula is C47H61N9O7. The molecule has 4 aromatic rings. The third-order valence-corrected chi connectivity index (χ3v) is 11.2. The summed E-state index contributed by atoms with van der Waals surface area (Å²) in [4.78, 5) is 67.9. The number of nitrogens with zero attached hydrogens (tertiary/aromatic N) is 4. The van der Waals surface area contributed by atoms with Gasteiger partial charge in [0.25, 0.3) is 5.91 Å². The fourth-order valence-electron chi connectivity index (χ4n) is 7.87. The van der Waals surface area contributed by atoms with E-state index in [1.54, 1.807) is 29.2 Å². The van der Waals surface area contributed by atoms with Crippen LogP contribution in [0.1, 0.15) is 102 Å². The molecular weight excluding hydrogens is 803 g/mol. The van der Waals surface area contributed by atoms with Gasteiger partial charge in [0, 0.05) is 54.8 Å². The highest BCUT2D eigenvalue weighted by Gasteiger charge is 2.31. The predicted octanol–water partition coefficient (Wildman–Crippen LogP) is 6.97. The normalized spacial score (nSPS) is 17.5. The quantitative estimate of drug-likeness (QED) is 0.0988. The van der Waals surface area contributed by atoms with Crippen molar-refractivity contribution in [2.45, 2.75) is 117 Å². The highest BCUT2D eigenvalue weighted by molar-refractivity contribution is 5.98. The lowest BCUT2D eigenvalue weighted by atomic mass is 9.81. The molecule has 63 heavy (non-hydrogen) atoms. The van der Waals surface area contributed by atoms with E-state index in [1.807, 2.05) is 90.9 Å². The Morgan fingerprint density at radius 1 is 0.825 bits per heavy atom. The van der Waals surface area contributed by atoms with Gasteiger partial charge in [0.15, 0.2) is 5.82 Å². The van der Waals surface area contributed by atoms with Crippen LogP contribution in [-0.2, 0) is 25.5 Å². The molecule has 16 heteroatoms. The summed E-state index contributed by atoms with van der Waals surface area (Å²) in [6, 6.07) is 19.5. The maximum atomic E-state index is 14.1. The van der Waals surface area contributed by atoms with E-state index < -0.39 is 23.3 Å². The number of rotatable bonds is 12. The minimum Gasteiger partial charge on any atom is -0.444 e. The zero-order chi connectivity index (χ0) is 45.3. The van der Waals surface area contributed by atoms with E-state index >= 15 is 0 Å². The number of anilines is 1. The zero-order valence-corrected chi connectivity index (χ0v) is 37.4. The first-order chi connectivity index (χ1) is 29.9. The van der Waals surface area contributed by atoms with Crippen LogP contribution in [0.15, 0.2) is 66.7 Å². The molecule has 0 spiro atoms. The average molecular weight is 864 g/mol. The molecule has 1 saturated carbocycles. The lowest BCUT2D eigenvalue weighted by Gasteiger charge is -2.33. The number of alkyl carbamates (subject to hydrolysis) is 1. The molecule has 1 aliphatic carbocycles. The van der Waals surface area contributed by atoms with Gasteiger partial charge < -0.3 is 35.6 Å². The van der Waals surface area contributed by atoms with Gasteiger partial charge in [0.1, 0.15) is 17.2 Å². The molecule has 2 fully saturated rings. The smallest absolute Gasteiger partial charge is 0.410 e. The SMILES string of the molecule is Cc1ccc(C(=O)NC2CCN(C(=O)OC(C)(C)C)CC2)cc1-c1cccc(C[C@H](NC(=O)[C@H]2CC[C@H](CNC(=O)OC(C)(C)C)CC2)C(=O)Nc2ccc(-c3nnn[nH]3)cc2)c1. The average Bonchev–Trinajstić information content (AvgIpc) is 3.78. The Balaban J connectivity index is 1.12. The van der Waals surface area contributed by atoms with Crippen molar-refractivity contribution in [1.82, 2.24) is 41.5 Å². The Hall–Kier alpha value is -6.32. The number of aryl methyl sites for hydroxylation is 1.